The van der Waals surface area contributed by atoms with Crippen LogP contribution in [0.2, 0.25) is 10.0 Å². The van der Waals surface area contributed by atoms with Crippen molar-refractivity contribution in [1.82, 2.24) is 4.90 Å². The molecule has 0 fully saturated rings. The molecule has 1 aliphatic rings. The van der Waals surface area contributed by atoms with Gasteiger partial charge in [0.15, 0.2) is 15.9 Å². The first-order chi connectivity index (χ1) is 13.8. The van der Waals surface area contributed by atoms with Crippen molar-refractivity contribution in [2.75, 3.05) is 6.26 Å². The minimum Gasteiger partial charge on any atom is -0.484 e. The van der Waals surface area contributed by atoms with E-state index in [1.165, 1.54) is 24.0 Å². The van der Waals surface area contributed by atoms with E-state index >= 15 is 0 Å². The zero-order chi connectivity index (χ0) is 22.4. The third-order valence-corrected chi connectivity index (χ3v) is 6.71. The first-order valence-corrected chi connectivity index (χ1v) is 11.6. The fraction of sp³-hybridized carbons (Fsp3) is 0.350. The number of hydrogen-bond acceptors (Lipinski definition) is 4. The van der Waals surface area contributed by atoms with E-state index < -0.39 is 27.8 Å². The van der Waals surface area contributed by atoms with Crippen molar-refractivity contribution < 1.29 is 26.7 Å². The Balaban J connectivity index is 1.99. The Morgan fingerprint density at radius 1 is 1.13 bits per heavy atom. The highest BCUT2D eigenvalue weighted by molar-refractivity contribution is 7.90. The standard InChI is InChI=1S/C20H19Cl2F2NO4S/c1-11(20(2,23)24)29-18-5-4-14(30(3,27)28)8-15(18)19(26)25-9-12-6-16(21)17(22)7-13(12)10-25/h4-8,11H,9-10H2,1-3H3. The van der Waals surface area contributed by atoms with Crippen LogP contribution in [-0.2, 0) is 22.9 Å². The molecule has 0 bridgehead atoms. The molecule has 1 unspecified atom stereocenters. The van der Waals surface area contributed by atoms with Gasteiger partial charge >= 0.3 is 0 Å². The number of benzene rings is 2. The van der Waals surface area contributed by atoms with Crippen molar-refractivity contribution >= 4 is 38.9 Å². The number of rotatable bonds is 5. The molecule has 0 spiro atoms. The smallest absolute Gasteiger partial charge is 0.281 e. The van der Waals surface area contributed by atoms with Gasteiger partial charge in [-0.15, -0.1) is 0 Å². The minimum atomic E-state index is -3.63. The number of fused-ring (bicyclic) bond motifs is 1. The van der Waals surface area contributed by atoms with Crippen LogP contribution in [0.15, 0.2) is 35.2 Å². The molecule has 0 saturated carbocycles. The van der Waals surface area contributed by atoms with Crippen molar-refractivity contribution in [1.29, 1.82) is 0 Å². The van der Waals surface area contributed by atoms with Crippen LogP contribution in [0, 0.1) is 0 Å². The summed E-state index contributed by atoms with van der Waals surface area (Å²) >= 11 is 12.1. The van der Waals surface area contributed by atoms with E-state index in [9.17, 15) is 22.0 Å². The van der Waals surface area contributed by atoms with Gasteiger partial charge in [0.25, 0.3) is 11.8 Å². The number of halogens is 4. The molecule has 1 amide bonds. The van der Waals surface area contributed by atoms with Crippen molar-refractivity contribution in [2.24, 2.45) is 0 Å². The first-order valence-electron chi connectivity index (χ1n) is 8.92. The van der Waals surface area contributed by atoms with Crippen LogP contribution in [-0.4, -0.2) is 37.5 Å². The normalized spacial score (nSPS) is 15.1. The van der Waals surface area contributed by atoms with Crippen LogP contribution in [0.5, 0.6) is 5.75 Å². The van der Waals surface area contributed by atoms with Crippen LogP contribution in [0.4, 0.5) is 8.78 Å². The van der Waals surface area contributed by atoms with Crippen molar-refractivity contribution in [3.8, 4) is 5.75 Å². The SMILES string of the molecule is CC(Oc1ccc(S(C)(=O)=O)cc1C(=O)N1Cc2cc(Cl)c(Cl)cc2C1)C(C)(F)F. The Bertz CT molecular complexity index is 1090. The lowest BCUT2D eigenvalue weighted by Crippen LogP contribution is -2.33. The molecule has 2 aromatic rings. The Labute approximate surface area is 183 Å². The molecule has 10 heteroatoms. The highest BCUT2D eigenvalue weighted by atomic mass is 35.5. The fourth-order valence-electron chi connectivity index (χ4n) is 3.01. The van der Waals surface area contributed by atoms with E-state index in [0.29, 0.717) is 17.0 Å². The lowest BCUT2D eigenvalue weighted by Gasteiger charge is -2.24. The molecule has 0 aromatic heterocycles. The van der Waals surface area contributed by atoms with E-state index in [4.69, 9.17) is 27.9 Å². The van der Waals surface area contributed by atoms with Gasteiger partial charge in [0.1, 0.15) is 5.75 Å². The molecular weight excluding hydrogens is 459 g/mol. The van der Waals surface area contributed by atoms with Gasteiger partial charge in [0.2, 0.25) is 0 Å². The summed E-state index contributed by atoms with van der Waals surface area (Å²) in [6.07, 6.45) is -0.531. The average Bonchev–Trinajstić information content (AvgIpc) is 3.02. The van der Waals surface area contributed by atoms with Gasteiger partial charge in [0, 0.05) is 26.3 Å². The molecule has 5 nitrogen and oxygen atoms in total. The van der Waals surface area contributed by atoms with E-state index in [2.05, 4.69) is 0 Å². The molecule has 30 heavy (non-hydrogen) atoms. The first kappa shape index (κ1) is 22.8. The van der Waals surface area contributed by atoms with Crippen LogP contribution in [0.3, 0.4) is 0 Å². The molecule has 1 atom stereocenters. The molecule has 162 valence electrons. The predicted octanol–water partition coefficient (Wildman–Crippen LogP) is 4.98. The largest absolute Gasteiger partial charge is 0.484 e. The van der Waals surface area contributed by atoms with Crippen LogP contribution >= 0.6 is 23.2 Å². The topological polar surface area (TPSA) is 63.7 Å². The highest BCUT2D eigenvalue weighted by Crippen LogP contribution is 2.34. The predicted molar refractivity (Wildman–Crippen MR) is 110 cm³/mol. The highest BCUT2D eigenvalue weighted by Gasteiger charge is 2.34. The van der Waals surface area contributed by atoms with Gasteiger partial charge in [0.05, 0.1) is 20.5 Å². The second kappa shape index (κ2) is 7.98. The summed E-state index contributed by atoms with van der Waals surface area (Å²) in [5.74, 6) is -3.83. The summed E-state index contributed by atoms with van der Waals surface area (Å²) in [6.45, 7) is 2.31. The second-order valence-electron chi connectivity index (χ2n) is 7.34. The molecule has 3 rings (SSSR count). The van der Waals surface area contributed by atoms with Gasteiger partial charge in [-0.1, -0.05) is 23.2 Å². The summed E-state index contributed by atoms with van der Waals surface area (Å²) in [6, 6.07) is 6.92. The second-order valence-corrected chi connectivity index (χ2v) is 10.2. The number of ether oxygens (including phenoxy) is 1. The third-order valence-electron chi connectivity index (χ3n) is 4.88. The summed E-state index contributed by atoms with van der Waals surface area (Å²) in [5, 5.41) is 0.707. The monoisotopic (exact) mass is 477 g/mol. The molecule has 1 aliphatic heterocycles. The van der Waals surface area contributed by atoms with Gasteiger partial charge in [-0.2, -0.15) is 0 Å². The van der Waals surface area contributed by atoms with Crippen molar-refractivity contribution in [3.05, 3.63) is 57.1 Å². The number of carbonyl (C=O) groups is 1. The number of carbonyl (C=O) groups excluding carboxylic acids is 1. The molecule has 0 saturated heterocycles. The molecule has 0 N–H and O–H groups in total. The van der Waals surface area contributed by atoms with E-state index in [1.807, 2.05) is 0 Å². The molecule has 1 heterocycles. The Morgan fingerprint density at radius 2 is 1.67 bits per heavy atom. The Morgan fingerprint density at radius 3 is 2.13 bits per heavy atom. The molecule has 0 radical (unpaired) electrons. The quantitative estimate of drug-likeness (QED) is 0.609. The third kappa shape index (κ3) is 4.71. The van der Waals surface area contributed by atoms with Gasteiger partial charge in [-0.05, 0) is 48.4 Å². The maximum atomic E-state index is 13.6. The number of amides is 1. The number of sulfone groups is 1. The van der Waals surface area contributed by atoms with Crippen molar-refractivity contribution in [2.45, 2.75) is 43.9 Å². The zero-order valence-electron chi connectivity index (χ0n) is 16.4. The van der Waals surface area contributed by atoms with Gasteiger partial charge in [-0.25, -0.2) is 17.2 Å². The average molecular weight is 478 g/mol. The number of nitrogens with zero attached hydrogens (tertiary/aromatic N) is 1. The van der Waals surface area contributed by atoms with Crippen LogP contribution < -0.4 is 4.74 Å². The van der Waals surface area contributed by atoms with Crippen LogP contribution in [0.1, 0.15) is 35.3 Å². The molecule has 2 aromatic carbocycles. The molecular formula is C20H19Cl2F2NO4S. The summed E-state index contributed by atoms with van der Waals surface area (Å²) in [5.41, 5.74) is 1.49. The van der Waals surface area contributed by atoms with Crippen LogP contribution in [0.25, 0.3) is 0 Å². The fourth-order valence-corrected chi connectivity index (χ4v) is 4.03. The Hall–Kier alpha value is -1.90. The minimum absolute atomic E-state index is 0.112. The van der Waals surface area contributed by atoms with E-state index in [1.54, 1.807) is 12.1 Å². The maximum Gasteiger partial charge on any atom is 0.281 e. The lowest BCUT2D eigenvalue weighted by molar-refractivity contribution is -0.0720. The summed E-state index contributed by atoms with van der Waals surface area (Å²) < 4.78 is 56.5. The lowest BCUT2D eigenvalue weighted by atomic mass is 10.1. The van der Waals surface area contributed by atoms with Gasteiger partial charge in [-0.3, -0.25) is 4.79 Å². The Kier molecular flexibility index (Phi) is 6.06. The number of hydrogen-bond donors (Lipinski definition) is 0. The van der Waals surface area contributed by atoms with E-state index in [0.717, 1.165) is 23.4 Å². The van der Waals surface area contributed by atoms with Crippen molar-refractivity contribution in [3.63, 3.8) is 0 Å². The zero-order valence-corrected chi connectivity index (χ0v) is 18.7. The summed E-state index contributed by atoms with van der Waals surface area (Å²) in [7, 11) is -3.63. The molecule has 0 aliphatic carbocycles. The maximum absolute atomic E-state index is 13.6. The van der Waals surface area contributed by atoms with E-state index in [-0.39, 0.29) is 29.3 Å². The summed E-state index contributed by atoms with van der Waals surface area (Å²) in [4.78, 5) is 14.5. The number of alkyl halides is 2. The van der Waals surface area contributed by atoms with Gasteiger partial charge < -0.3 is 9.64 Å².